The average Bonchev–Trinajstić information content (AvgIpc) is 2.48. The number of para-hydroxylation sites is 1. The molecule has 1 atom stereocenters. The number of hydrogen-bond donors (Lipinski definition) is 1. The van der Waals surface area contributed by atoms with E-state index in [9.17, 15) is 4.79 Å². The Morgan fingerprint density at radius 2 is 1.87 bits per heavy atom. The van der Waals surface area contributed by atoms with Gasteiger partial charge in [-0.3, -0.25) is 4.90 Å². The van der Waals surface area contributed by atoms with Crippen molar-refractivity contribution in [2.75, 3.05) is 10.2 Å². The summed E-state index contributed by atoms with van der Waals surface area (Å²) in [5, 5.41) is 3.02. The molecule has 0 unspecified atom stereocenters. The maximum Gasteiger partial charge on any atom is 0.326 e. The van der Waals surface area contributed by atoms with E-state index in [4.69, 9.17) is 0 Å². The van der Waals surface area contributed by atoms with Gasteiger partial charge in [0.2, 0.25) is 0 Å². The number of benzene rings is 2. The predicted molar refractivity (Wildman–Crippen MR) is 96.2 cm³/mol. The normalized spacial score (nSPS) is 19.1. The van der Waals surface area contributed by atoms with Crippen LogP contribution in [-0.4, -0.2) is 11.6 Å². The molecule has 3 nitrogen and oxygen atoms in total. The van der Waals surface area contributed by atoms with Crippen LogP contribution in [0, 0.1) is 6.92 Å². The maximum atomic E-state index is 13.0. The van der Waals surface area contributed by atoms with Crippen LogP contribution in [0.3, 0.4) is 0 Å². The first-order chi connectivity index (χ1) is 10.9. The van der Waals surface area contributed by atoms with E-state index in [1.165, 1.54) is 11.1 Å². The Balaban J connectivity index is 1.99. The predicted octanol–water partition coefficient (Wildman–Crippen LogP) is 5.32. The zero-order valence-corrected chi connectivity index (χ0v) is 14.3. The van der Waals surface area contributed by atoms with Gasteiger partial charge in [-0.15, -0.1) is 0 Å². The van der Waals surface area contributed by atoms with Gasteiger partial charge >= 0.3 is 6.03 Å². The standard InChI is InChI=1S/C20H24N2O/c1-14-10-11-18-17(12-14)15(2)13-20(3,4)22(18)19(23)21-16-8-6-5-7-9-16/h5-12,15H,13H2,1-4H3,(H,21,23)/t15-/m0/s1. The molecule has 0 spiro atoms. The highest BCUT2D eigenvalue weighted by Gasteiger charge is 2.39. The Labute approximate surface area is 138 Å². The number of rotatable bonds is 1. The van der Waals surface area contributed by atoms with Gasteiger partial charge in [-0.1, -0.05) is 42.8 Å². The van der Waals surface area contributed by atoms with Crippen LogP contribution in [0.1, 0.15) is 44.2 Å². The molecule has 3 rings (SSSR count). The van der Waals surface area contributed by atoms with E-state index in [1.807, 2.05) is 35.2 Å². The maximum absolute atomic E-state index is 13.0. The number of fused-ring (bicyclic) bond motifs is 1. The topological polar surface area (TPSA) is 32.3 Å². The fourth-order valence-corrected chi connectivity index (χ4v) is 3.63. The monoisotopic (exact) mass is 308 g/mol. The first kappa shape index (κ1) is 15.6. The minimum absolute atomic E-state index is 0.0711. The van der Waals surface area contributed by atoms with Gasteiger partial charge in [0.05, 0.1) is 0 Å². The molecule has 1 heterocycles. The van der Waals surface area contributed by atoms with Gasteiger partial charge in [0.1, 0.15) is 0 Å². The van der Waals surface area contributed by atoms with Crippen LogP contribution in [0.5, 0.6) is 0 Å². The molecule has 23 heavy (non-hydrogen) atoms. The Hall–Kier alpha value is -2.29. The first-order valence-electron chi connectivity index (χ1n) is 8.15. The molecule has 0 fully saturated rings. The second-order valence-electron chi connectivity index (χ2n) is 7.11. The molecule has 1 aliphatic rings. The first-order valence-corrected chi connectivity index (χ1v) is 8.15. The summed E-state index contributed by atoms with van der Waals surface area (Å²) in [4.78, 5) is 14.9. The minimum Gasteiger partial charge on any atom is -0.308 e. The molecule has 0 bridgehead atoms. The van der Waals surface area contributed by atoms with Crippen molar-refractivity contribution in [1.82, 2.24) is 0 Å². The van der Waals surface area contributed by atoms with Crippen LogP contribution >= 0.6 is 0 Å². The number of aryl methyl sites for hydroxylation is 1. The van der Waals surface area contributed by atoms with E-state index in [2.05, 4.69) is 51.2 Å². The molecule has 120 valence electrons. The Morgan fingerprint density at radius 3 is 2.57 bits per heavy atom. The Kier molecular flexibility index (Phi) is 3.88. The van der Waals surface area contributed by atoms with E-state index in [0.29, 0.717) is 5.92 Å². The zero-order chi connectivity index (χ0) is 16.6. The Morgan fingerprint density at radius 1 is 1.17 bits per heavy atom. The van der Waals surface area contributed by atoms with Crippen molar-refractivity contribution >= 4 is 17.4 Å². The zero-order valence-electron chi connectivity index (χ0n) is 14.3. The number of urea groups is 1. The summed E-state index contributed by atoms with van der Waals surface area (Å²) < 4.78 is 0. The number of carbonyl (C=O) groups excluding carboxylic acids is 1. The third-order valence-corrected chi connectivity index (χ3v) is 4.59. The SMILES string of the molecule is Cc1ccc2c(c1)[C@@H](C)CC(C)(C)N2C(=O)Nc1ccccc1. The van der Waals surface area contributed by atoms with Gasteiger partial charge in [0.25, 0.3) is 0 Å². The number of nitrogens with zero attached hydrogens (tertiary/aromatic N) is 1. The Bertz CT molecular complexity index is 722. The van der Waals surface area contributed by atoms with Gasteiger partial charge in [-0.05, 0) is 56.9 Å². The molecule has 0 saturated heterocycles. The van der Waals surface area contributed by atoms with E-state index in [0.717, 1.165) is 17.8 Å². The largest absolute Gasteiger partial charge is 0.326 e. The molecule has 0 saturated carbocycles. The van der Waals surface area contributed by atoms with Crippen molar-refractivity contribution in [2.24, 2.45) is 0 Å². The smallest absolute Gasteiger partial charge is 0.308 e. The summed E-state index contributed by atoms with van der Waals surface area (Å²) >= 11 is 0. The molecule has 2 amide bonds. The summed E-state index contributed by atoms with van der Waals surface area (Å²) in [6.45, 7) is 8.61. The van der Waals surface area contributed by atoms with Crippen molar-refractivity contribution in [2.45, 2.75) is 45.6 Å². The van der Waals surface area contributed by atoms with Gasteiger partial charge < -0.3 is 5.32 Å². The third-order valence-electron chi connectivity index (χ3n) is 4.59. The molecule has 0 aliphatic carbocycles. The van der Waals surface area contributed by atoms with Crippen LogP contribution in [0.15, 0.2) is 48.5 Å². The second kappa shape index (κ2) is 5.73. The fraction of sp³-hybridized carbons (Fsp3) is 0.350. The molecule has 1 N–H and O–H groups in total. The summed E-state index contributed by atoms with van der Waals surface area (Å²) in [6.07, 6.45) is 0.950. The van der Waals surface area contributed by atoms with Crippen molar-refractivity contribution in [3.63, 3.8) is 0 Å². The lowest BCUT2D eigenvalue weighted by molar-refractivity contribution is 0.247. The molecule has 1 aliphatic heterocycles. The lowest BCUT2D eigenvalue weighted by atomic mass is 9.80. The van der Waals surface area contributed by atoms with Crippen molar-refractivity contribution in [3.8, 4) is 0 Å². The average molecular weight is 308 g/mol. The lowest BCUT2D eigenvalue weighted by Gasteiger charge is -2.45. The number of nitrogens with one attached hydrogen (secondary N) is 1. The summed E-state index contributed by atoms with van der Waals surface area (Å²) in [5.41, 5.74) is 4.11. The minimum atomic E-state index is -0.222. The molecule has 2 aromatic carbocycles. The van der Waals surface area contributed by atoms with Crippen molar-refractivity contribution < 1.29 is 4.79 Å². The van der Waals surface area contributed by atoms with Crippen LogP contribution in [0.2, 0.25) is 0 Å². The second-order valence-corrected chi connectivity index (χ2v) is 7.11. The highest BCUT2D eigenvalue weighted by molar-refractivity contribution is 6.03. The van der Waals surface area contributed by atoms with Crippen LogP contribution in [-0.2, 0) is 0 Å². The van der Waals surface area contributed by atoms with E-state index < -0.39 is 0 Å². The summed E-state index contributed by atoms with van der Waals surface area (Å²) in [6, 6.07) is 15.9. The molecule has 0 aromatic heterocycles. The number of amides is 2. The van der Waals surface area contributed by atoms with Crippen LogP contribution < -0.4 is 10.2 Å². The number of carbonyl (C=O) groups is 1. The van der Waals surface area contributed by atoms with E-state index in [-0.39, 0.29) is 11.6 Å². The van der Waals surface area contributed by atoms with Gasteiger partial charge in [-0.25, -0.2) is 4.79 Å². The fourth-order valence-electron chi connectivity index (χ4n) is 3.63. The summed E-state index contributed by atoms with van der Waals surface area (Å²) in [5.74, 6) is 0.445. The number of anilines is 2. The molecule has 2 aromatic rings. The molecular formula is C20H24N2O. The van der Waals surface area contributed by atoms with Crippen molar-refractivity contribution in [1.29, 1.82) is 0 Å². The van der Waals surface area contributed by atoms with Gasteiger partial charge in [0, 0.05) is 16.9 Å². The van der Waals surface area contributed by atoms with Crippen LogP contribution in [0.25, 0.3) is 0 Å². The van der Waals surface area contributed by atoms with Crippen molar-refractivity contribution in [3.05, 3.63) is 59.7 Å². The van der Waals surface area contributed by atoms with Crippen LogP contribution in [0.4, 0.5) is 16.2 Å². The lowest BCUT2D eigenvalue weighted by Crippen LogP contribution is -2.53. The molecular weight excluding hydrogens is 284 g/mol. The highest BCUT2D eigenvalue weighted by Crippen LogP contribution is 2.43. The quantitative estimate of drug-likeness (QED) is 0.759. The molecule has 3 heteroatoms. The number of hydrogen-bond acceptors (Lipinski definition) is 1. The van der Waals surface area contributed by atoms with E-state index >= 15 is 0 Å². The van der Waals surface area contributed by atoms with Gasteiger partial charge in [0.15, 0.2) is 0 Å². The molecule has 0 radical (unpaired) electrons. The summed E-state index contributed by atoms with van der Waals surface area (Å²) in [7, 11) is 0. The third kappa shape index (κ3) is 2.96. The van der Waals surface area contributed by atoms with E-state index in [1.54, 1.807) is 0 Å². The van der Waals surface area contributed by atoms with Gasteiger partial charge in [-0.2, -0.15) is 0 Å². The highest BCUT2D eigenvalue weighted by atomic mass is 16.2.